The maximum atomic E-state index is 2.27. The van der Waals surface area contributed by atoms with Crippen molar-refractivity contribution in [2.24, 2.45) is 0 Å². The van der Waals surface area contributed by atoms with Crippen LogP contribution in [0.2, 0.25) is 12.1 Å². The lowest BCUT2D eigenvalue weighted by Gasteiger charge is -2.17. The number of hydrogen-bond donors (Lipinski definition) is 0. The topological polar surface area (TPSA) is 0 Å². The van der Waals surface area contributed by atoms with Crippen LogP contribution in [0.5, 0.6) is 0 Å². The molecule has 0 aliphatic carbocycles. The highest BCUT2D eigenvalue weighted by Gasteiger charge is 2.12. The number of rotatable bonds is 5. The fraction of sp³-hybridized carbons (Fsp3) is 0.250. The van der Waals surface area contributed by atoms with Crippen LogP contribution in [0.15, 0.2) is 60.7 Å². The van der Waals surface area contributed by atoms with Crippen molar-refractivity contribution < 1.29 is 0 Å². The Morgan fingerprint density at radius 3 is 1.71 bits per heavy atom. The highest BCUT2D eigenvalue weighted by molar-refractivity contribution is 6.35. The SMILES string of the molecule is CC[Si]CC(c1ccccc1)c1ccccc1. The third-order valence-corrected chi connectivity index (χ3v) is 4.20. The Morgan fingerprint density at radius 1 is 0.824 bits per heavy atom. The first kappa shape index (κ1) is 12.1. The second-order valence-corrected chi connectivity index (χ2v) is 5.80. The second kappa shape index (κ2) is 6.41. The van der Waals surface area contributed by atoms with Gasteiger partial charge in [0.2, 0.25) is 0 Å². The van der Waals surface area contributed by atoms with Crippen molar-refractivity contribution in [3.63, 3.8) is 0 Å². The van der Waals surface area contributed by atoms with Crippen molar-refractivity contribution in [3.05, 3.63) is 71.8 Å². The summed E-state index contributed by atoms with van der Waals surface area (Å²) in [4.78, 5) is 0. The van der Waals surface area contributed by atoms with E-state index in [0.29, 0.717) is 5.92 Å². The molecule has 2 rings (SSSR count). The lowest BCUT2D eigenvalue weighted by atomic mass is 9.93. The van der Waals surface area contributed by atoms with Gasteiger partial charge in [0.15, 0.2) is 0 Å². The number of benzene rings is 2. The Bertz CT molecular complexity index is 382. The molecule has 0 heterocycles. The summed E-state index contributed by atoms with van der Waals surface area (Å²) >= 11 is 0. The summed E-state index contributed by atoms with van der Waals surface area (Å²) < 4.78 is 0. The van der Waals surface area contributed by atoms with Crippen LogP contribution >= 0.6 is 0 Å². The van der Waals surface area contributed by atoms with Gasteiger partial charge < -0.3 is 0 Å². The zero-order chi connectivity index (χ0) is 11.9. The van der Waals surface area contributed by atoms with E-state index in [9.17, 15) is 0 Å². The minimum atomic E-state index is 0.565. The molecule has 0 aliphatic heterocycles. The normalized spacial score (nSPS) is 10.7. The van der Waals surface area contributed by atoms with Gasteiger partial charge in [-0.15, -0.1) is 0 Å². The molecule has 0 saturated carbocycles. The molecule has 0 atom stereocenters. The molecule has 0 aromatic heterocycles. The quantitative estimate of drug-likeness (QED) is 0.678. The molecule has 0 N–H and O–H groups in total. The van der Waals surface area contributed by atoms with E-state index in [-0.39, 0.29) is 0 Å². The molecule has 0 saturated heterocycles. The van der Waals surface area contributed by atoms with E-state index in [1.54, 1.807) is 0 Å². The van der Waals surface area contributed by atoms with Gasteiger partial charge in [-0.05, 0) is 11.1 Å². The van der Waals surface area contributed by atoms with Gasteiger partial charge in [-0.3, -0.25) is 0 Å². The Kier molecular flexibility index (Phi) is 4.57. The van der Waals surface area contributed by atoms with Gasteiger partial charge in [0.1, 0.15) is 0 Å². The Morgan fingerprint density at radius 2 is 1.29 bits per heavy atom. The average Bonchev–Trinajstić information content (AvgIpc) is 2.42. The van der Waals surface area contributed by atoms with Crippen molar-refractivity contribution in [2.75, 3.05) is 0 Å². The van der Waals surface area contributed by atoms with Crippen LogP contribution in [-0.2, 0) is 0 Å². The molecule has 0 amide bonds. The predicted molar refractivity (Wildman–Crippen MR) is 75.8 cm³/mol. The van der Waals surface area contributed by atoms with Crippen molar-refractivity contribution in [1.82, 2.24) is 0 Å². The predicted octanol–water partition coefficient (Wildman–Crippen LogP) is 4.38. The van der Waals surface area contributed by atoms with E-state index < -0.39 is 0 Å². The first-order valence-electron chi connectivity index (χ1n) is 6.22. The van der Waals surface area contributed by atoms with E-state index >= 15 is 0 Å². The maximum Gasteiger partial charge on any atom is 0.0384 e. The first-order valence-corrected chi connectivity index (χ1v) is 7.64. The summed E-state index contributed by atoms with van der Waals surface area (Å²) in [5.41, 5.74) is 2.89. The molecule has 0 unspecified atom stereocenters. The van der Waals surface area contributed by atoms with Crippen molar-refractivity contribution in [3.8, 4) is 0 Å². The summed E-state index contributed by atoms with van der Waals surface area (Å²) in [7, 11) is 1.05. The molecular weight excluding hydrogens is 220 g/mol. The molecule has 1 heteroatoms. The highest BCUT2D eigenvalue weighted by Crippen LogP contribution is 2.28. The molecule has 17 heavy (non-hydrogen) atoms. The van der Waals surface area contributed by atoms with Crippen molar-refractivity contribution >= 4 is 9.52 Å². The third kappa shape index (κ3) is 3.30. The van der Waals surface area contributed by atoms with Gasteiger partial charge in [-0.1, -0.05) is 79.7 Å². The van der Waals surface area contributed by atoms with E-state index in [2.05, 4.69) is 67.6 Å². The van der Waals surface area contributed by atoms with E-state index in [4.69, 9.17) is 0 Å². The minimum absolute atomic E-state index is 0.565. The third-order valence-electron chi connectivity index (χ3n) is 3.00. The second-order valence-electron chi connectivity index (χ2n) is 4.18. The molecule has 0 bridgehead atoms. The van der Waals surface area contributed by atoms with E-state index in [0.717, 1.165) is 9.52 Å². The Hall–Kier alpha value is -1.34. The summed E-state index contributed by atoms with van der Waals surface area (Å²) in [6.07, 6.45) is 0. The van der Waals surface area contributed by atoms with Crippen LogP contribution < -0.4 is 0 Å². The van der Waals surface area contributed by atoms with E-state index in [1.165, 1.54) is 23.2 Å². The Balaban J connectivity index is 2.26. The minimum Gasteiger partial charge on any atom is -0.0682 e. The van der Waals surface area contributed by atoms with Crippen LogP contribution in [0.25, 0.3) is 0 Å². The molecule has 0 aliphatic rings. The summed E-state index contributed by atoms with van der Waals surface area (Å²) in [5, 5.41) is 0. The van der Waals surface area contributed by atoms with Crippen LogP contribution in [0.3, 0.4) is 0 Å². The smallest absolute Gasteiger partial charge is 0.0384 e. The lowest BCUT2D eigenvalue weighted by Crippen LogP contribution is -2.03. The molecule has 0 nitrogen and oxygen atoms in total. The van der Waals surface area contributed by atoms with Gasteiger partial charge in [-0.2, -0.15) is 0 Å². The highest BCUT2D eigenvalue weighted by atomic mass is 28.2. The van der Waals surface area contributed by atoms with E-state index in [1.807, 2.05) is 0 Å². The van der Waals surface area contributed by atoms with Gasteiger partial charge >= 0.3 is 0 Å². The lowest BCUT2D eigenvalue weighted by molar-refractivity contribution is 0.911. The van der Waals surface area contributed by atoms with Gasteiger partial charge in [0.05, 0.1) is 0 Å². The molecule has 0 spiro atoms. The van der Waals surface area contributed by atoms with Crippen LogP contribution in [-0.4, -0.2) is 9.52 Å². The average molecular weight is 238 g/mol. The monoisotopic (exact) mass is 238 g/mol. The summed E-state index contributed by atoms with van der Waals surface area (Å²) in [6.45, 7) is 2.27. The summed E-state index contributed by atoms with van der Waals surface area (Å²) in [6, 6.07) is 24.3. The molecule has 2 aromatic carbocycles. The zero-order valence-electron chi connectivity index (χ0n) is 10.3. The van der Waals surface area contributed by atoms with Crippen LogP contribution in [0, 0.1) is 0 Å². The van der Waals surface area contributed by atoms with Crippen molar-refractivity contribution in [2.45, 2.75) is 24.9 Å². The number of hydrogen-bond acceptors (Lipinski definition) is 0. The maximum absolute atomic E-state index is 2.27. The molecule has 2 aromatic rings. The zero-order valence-corrected chi connectivity index (χ0v) is 11.3. The largest absolute Gasteiger partial charge is 0.0682 e. The van der Waals surface area contributed by atoms with Gasteiger partial charge in [-0.25, -0.2) is 0 Å². The fourth-order valence-corrected chi connectivity index (χ4v) is 3.14. The van der Waals surface area contributed by atoms with Gasteiger partial charge in [0.25, 0.3) is 0 Å². The molecule has 86 valence electrons. The molecule has 0 fully saturated rings. The standard InChI is InChI=1S/C16H18Si/c1-2-17-13-16(14-9-5-3-6-10-14)15-11-7-4-8-12-15/h3-12,16H,2,13H2,1H3. The van der Waals surface area contributed by atoms with Crippen molar-refractivity contribution in [1.29, 1.82) is 0 Å². The first-order chi connectivity index (χ1) is 8.42. The Labute approximate surface area is 107 Å². The van der Waals surface area contributed by atoms with Crippen LogP contribution in [0.4, 0.5) is 0 Å². The summed E-state index contributed by atoms with van der Waals surface area (Å²) in [5.74, 6) is 0.565. The molecule has 2 radical (unpaired) electrons. The van der Waals surface area contributed by atoms with Gasteiger partial charge in [0, 0.05) is 15.4 Å². The van der Waals surface area contributed by atoms with Crippen LogP contribution in [0.1, 0.15) is 24.0 Å². The molecular formula is C16H18Si. The fourth-order valence-electron chi connectivity index (χ4n) is 2.09.